The molecule has 2 rings (SSSR count). The third-order valence-electron chi connectivity index (χ3n) is 2.83. The van der Waals surface area contributed by atoms with Crippen LogP contribution in [0.2, 0.25) is 0 Å². The van der Waals surface area contributed by atoms with E-state index in [0.29, 0.717) is 10.5 Å². The summed E-state index contributed by atoms with van der Waals surface area (Å²) in [5.41, 5.74) is -0.196. The first-order chi connectivity index (χ1) is 9.90. The van der Waals surface area contributed by atoms with E-state index in [2.05, 4.69) is 0 Å². The van der Waals surface area contributed by atoms with Gasteiger partial charge in [-0.25, -0.2) is 9.18 Å². The average Bonchev–Trinajstić information content (AvgIpc) is 2.42. The van der Waals surface area contributed by atoms with Crippen molar-refractivity contribution in [3.8, 4) is 0 Å². The van der Waals surface area contributed by atoms with Gasteiger partial charge in [0, 0.05) is 21.4 Å². The quantitative estimate of drug-likeness (QED) is 0.684. The highest BCUT2D eigenvalue weighted by Crippen LogP contribution is 2.36. The van der Waals surface area contributed by atoms with Crippen molar-refractivity contribution < 1.29 is 19.2 Å². The first-order valence-electron chi connectivity index (χ1n) is 5.85. The Bertz CT molecular complexity index is 733. The molecule has 0 atom stereocenters. The lowest BCUT2D eigenvalue weighted by Crippen LogP contribution is -2.01. The molecule has 0 aliphatic rings. The Labute approximate surface area is 123 Å². The number of nitro benzene ring substituents is 1. The molecule has 2 aromatic carbocycles. The number of carboxylic acids is 1. The summed E-state index contributed by atoms with van der Waals surface area (Å²) in [5, 5.41) is 20.0. The number of carbonyl (C=O) groups is 1. The lowest BCUT2D eigenvalue weighted by atomic mass is 10.1. The van der Waals surface area contributed by atoms with E-state index in [9.17, 15) is 19.3 Å². The highest BCUT2D eigenvalue weighted by molar-refractivity contribution is 7.99. The van der Waals surface area contributed by atoms with Gasteiger partial charge in [0.15, 0.2) is 0 Å². The minimum absolute atomic E-state index is 0.203. The molecule has 0 aromatic heterocycles. The van der Waals surface area contributed by atoms with Crippen molar-refractivity contribution in [1.29, 1.82) is 0 Å². The Balaban J connectivity index is 2.55. The number of aromatic carboxylic acids is 1. The molecule has 0 spiro atoms. The Kier molecular flexibility index (Phi) is 4.23. The molecule has 5 nitrogen and oxygen atoms in total. The van der Waals surface area contributed by atoms with E-state index in [0.717, 1.165) is 17.8 Å². The normalized spacial score (nSPS) is 10.4. The summed E-state index contributed by atoms with van der Waals surface area (Å²) in [6.45, 7) is 1.51. The summed E-state index contributed by atoms with van der Waals surface area (Å²) in [6.07, 6.45) is 0. The zero-order chi connectivity index (χ0) is 15.6. The maximum atomic E-state index is 13.7. The lowest BCUT2D eigenvalue weighted by Gasteiger charge is -2.08. The summed E-state index contributed by atoms with van der Waals surface area (Å²) >= 11 is 0.961. The summed E-state index contributed by atoms with van der Waals surface area (Å²) in [6, 6.07) is 8.27. The fourth-order valence-corrected chi connectivity index (χ4v) is 2.73. The van der Waals surface area contributed by atoms with Crippen LogP contribution in [0.5, 0.6) is 0 Å². The Morgan fingerprint density at radius 1 is 1.29 bits per heavy atom. The molecular weight excluding hydrogens is 297 g/mol. The number of nitrogens with zero attached hydrogens (tertiary/aromatic N) is 1. The predicted molar refractivity (Wildman–Crippen MR) is 75.3 cm³/mol. The maximum Gasteiger partial charge on any atom is 0.335 e. The van der Waals surface area contributed by atoms with E-state index in [1.54, 1.807) is 6.07 Å². The fourth-order valence-electron chi connectivity index (χ4n) is 1.74. The molecule has 7 heteroatoms. The van der Waals surface area contributed by atoms with Crippen LogP contribution in [0.4, 0.5) is 10.1 Å². The van der Waals surface area contributed by atoms with Crippen LogP contribution in [0.25, 0.3) is 0 Å². The van der Waals surface area contributed by atoms with Crippen LogP contribution in [0.1, 0.15) is 15.9 Å². The second-order valence-electron chi connectivity index (χ2n) is 4.21. The molecule has 0 fully saturated rings. The van der Waals surface area contributed by atoms with Crippen molar-refractivity contribution in [2.45, 2.75) is 16.7 Å². The minimum atomic E-state index is -1.27. The number of hydrogen-bond acceptors (Lipinski definition) is 4. The minimum Gasteiger partial charge on any atom is -0.478 e. The van der Waals surface area contributed by atoms with Crippen molar-refractivity contribution in [2.24, 2.45) is 0 Å². The van der Waals surface area contributed by atoms with Crippen LogP contribution >= 0.6 is 11.8 Å². The molecule has 0 unspecified atom stereocenters. The third-order valence-corrected chi connectivity index (χ3v) is 4.03. The SMILES string of the molecule is Cc1c(Sc2ccccc2F)cc(C(=O)O)cc1[N+](=O)[O-]. The standard InChI is InChI=1S/C14H10FNO4S/c1-8-11(16(19)20)6-9(14(17)18)7-13(8)21-12-5-3-2-4-10(12)15/h2-7H,1H3,(H,17,18). The number of nitro groups is 1. The first-order valence-corrected chi connectivity index (χ1v) is 6.66. The van der Waals surface area contributed by atoms with Gasteiger partial charge >= 0.3 is 5.97 Å². The topological polar surface area (TPSA) is 80.4 Å². The molecule has 1 N–H and O–H groups in total. The lowest BCUT2D eigenvalue weighted by molar-refractivity contribution is -0.385. The van der Waals surface area contributed by atoms with E-state index < -0.39 is 16.7 Å². The second-order valence-corrected chi connectivity index (χ2v) is 5.30. The van der Waals surface area contributed by atoms with Gasteiger partial charge in [0.2, 0.25) is 0 Å². The van der Waals surface area contributed by atoms with Crippen molar-refractivity contribution in [3.63, 3.8) is 0 Å². The molecule has 0 aliphatic carbocycles. The summed E-state index contributed by atoms with van der Waals surface area (Å²) in [7, 11) is 0. The van der Waals surface area contributed by atoms with Gasteiger partial charge in [-0.05, 0) is 25.1 Å². The molecule has 0 aliphatic heterocycles. The Hall–Kier alpha value is -2.41. The summed E-state index contributed by atoms with van der Waals surface area (Å²) < 4.78 is 13.7. The molecule has 0 amide bonds. The van der Waals surface area contributed by atoms with Gasteiger partial charge in [0.25, 0.3) is 5.69 Å². The van der Waals surface area contributed by atoms with Crippen molar-refractivity contribution in [1.82, 2.24) is 0 Å². The van der Waals surface area contributed by atoms with Gasteiger partial charge in [-0.3, -0.25) is 10.1 Å². The molecule has 108 valence electrons. The van der Waals surface area contributed by atoms with E-state index >= 15 is 0 Å². The Morgan fingerprint density at radius 3 is 2.52 bits per heavy atom. The van der Waals surface area contributed by atoms with Crippen LogP contribution in [0, 0.1) is 22.9 Å². The third kappa shape index (κ3) is 3.19. The maximum absolute atomic E-state index is 13.7. The number of hydrogen-bond donors (Lipinski definition) is 1. The van der Waals surface area contributed by atoms with Crippen molar-refractivity contribution >= 4 is 23.4 Å². The van der Waals surface area contributed by atoms with E-state index in [1.165, 1.54) is 31.2 Å². The predicted octanol–water partition coefficient (Wildman–Crippen LogP) is 3.89. The highest BCUT2D eigenvalue weighted by Gasteiger charge is 2.20. The molecule has 0 heterocycles. The van der Waals surface area contributed by atoms with Crippen molar-refractivity contribution in [3.05, 3.63) is 63.5 Å². The van der Waals surface area contributed by atoms with Gasteiger partial charge in [-0.15, -0.1) is 0 Å². The first kappa shape index (κ1) is 15.0. The molecule has 0 bridgehead atoms. The molecule has 0 saturated carbocycles. The van der Waals surface area contributed by atoms with Crippen LogP contribution in [0.3, 0.4) is 0 Å². The summed E-state index contributed by atoms with van der Waals surface area (Å²) in [4.78, 5) is 22.0. The van der Waals surface area contributed by atoms with Gasteiger partial charge in [-0.2, -0.15) is 0 Å². The largest absolute Gasteiger partial charge is 0.478 e. The van der Waals surface area contributed by atoms with Crippen LogP contribution in [-0.4, -0.2) is 16.0 Å². The molecular formula is C14H10FNO4S. The van der Waals surface area contributed by atoms with Crippen molar-refractivity contribution in [2.75, 3.05) is 0 Å². The van der Waals surface area contributed by atoms with Gasteiger partial charge in [0.05, 0.1) is 10.5 Å². The van der Waals surface area contributed by atoms with Crippen LogP contribution in [0.15, 0.2) is 46.2 Å². The zero-order valence-electron chi connectivity index (χ0n) is 10.9. The van der Waals surface area contributed by atoms with Gasteiger partial charge in [-0.1, -0.05) is 23.9 Å². The summed E-state index contributed by atoms with van der Waals surface area (Å²) in [5.74, 6) is -1.74. The van der Waals surface area contributed by atoms with E-state index in [4.69, 9.17) is 5.11 Å². The molecule has 21 heavy (non-hydrogen) atoms. The number of rotatable bonds is 4. The smallest absolute Gasteiger partial charge is 0.335 e. The van der Waals surface area contributed by atoms with Crippen LogP contribution < -0.4 is 0 Å². The molecule has 2 aromatic rings. The van der Waals surface area contributed by atoms with Gasteiger partial charge < -0.3 is 5.11 Å². The number of carboxylic acid groups (broad SMARTS) is 1. The monoisotopic (exact) mass is 307 g/mol. The average molecular weight is 307 g/mol. The van der Waals surface area contributed by atoms with Gasteiger partial charge in [0.1, 0.15) is 5.82 Å². The number of benzene rings is 2. The molecule has 0 radical (unpaired) electrons. The van der Waals surface area contributed by atoms with E-state index in [-0.39, 0.29) is 16.1 Å². The fraction of sp³-hybridized carbons (Fsp3) is 0.0714. The Morgan fingerprint density at radius 2 is 1.95 bits per heavy atom. The second kappa shape index (κ2) is 5.92. The van der Waals surface area contributed by atoms with E-state index in [1.807, 2.05) is 0 Å². The number of halogens is 1. The zero-order valence-corrected chi connectivity index (χ0v) is 11.7. The molecule has 0 saturated heterocycles. The highest BCUT2D eigenvalue weighted by atomic mass is 32.2. The van der Waals surface area contributed by atoms with Crippen LogP contribution in [-0.2, 0) is 0 Å².